The summed E-state index contributed by atoms with van der Waals surface area (Å²) in [6.07, 6.45) is 7.60. The van der Waals surface area contributed by atoms with Gasteiger partial charge in [0, 0.05) is 0 Å². The number of nitrogens with two attached hydrogens (primary N) is 1. The van der Waals surface area contributed by atoms with Gasteiger partial charge in [0.1, 0.15) is 5.75 Å². The van der Waals surface area contributed by atoms with Crippen LogP contribution in [-0.4, -0.2) is 13.7 Å². The van der Waals surface area contributed by atoms with Crippen LogP contribution in [0.25, 0.3) is 0 Å². The highest BCUT2D eigenvalue weighted by atomic mass is 16.5. The van der Waals surface area contributed by atoms with E-state index in [2.05, 4.69) is 25.1 Å². The van der Waals surface area contributed by atoms with E-state index in [-0.39, 0.29) is 0 Å². The lowest BCUT2D eigenvalue weighted by Crippen LogP contribution is -2.16. The van der Waals surface area contributed by atoms with Crippen LogP contribution in [0.15, 0.2) is 24.3 Å². The Morgan fingerprint density at radius 2 is 2.06 bits per heavy atom. The van der Waals surface area contributed by atoms with Gasteiger partial charge in [0.15, 0.2) is 0 Å². The molecule has 0 saturated heterocycles. The zero-order valence-electron chi connectivity index (χ0n) is 11.8. The summed E-state index contributed by atoms with van der Waals surface area (Å²) in [6.45, 7) is 3.03. The smallest absolute Gasteiger partial charge is 0.119 e. The van der Waals surface area contributed by atoms with E-state index >= 15 is 0 Å². The summed E-state index contributed by atoms with van der Waals surface area (Å²) < 4.78 is 5.25. The average molecular weight is 249 g/mol. The van der Waals surface area contributed by atoms with E-state index in [4.69, 9.17) is 10.5 Å². The van der Waals surface area contributed by atoms with E-state index < -0.39 is 0 Å². The molecule has 2 N–H and O–H groups in total. The fourth-order valence-electron chi connectivity index (χ4n) is 2.30. The Kier molecular flexibility index (Phi) is 7.51. The van der Waals surface area contributed by atoms with Crippen LogP contribution in [0.5, 0.6) is 5.75 Å². The molecule has 1 aromatic carbocycles. The first-order valence-corrected chi connectivity index (χ1v) is 7.13. The van der Waals surface area contributed by atoms with E-state index in [1.54, 1.807) is 7.11 Å². The number of unbranched alkanes of at least 4 members (excludes halogenated alkanes) is 3. The molecule has 0 aromatic heterocycles. The summed E-state index contributed by atoms with van der Waals surface area (Å²) in [5, 5.41) is 0. The van der Waals surface area contributed by atoms with Crippen LogP contribution >= 0.6 is 0 Å². The van der Waals surface area contributed by atoms with Gasteiger partial charge in [-0.1, -0.05) is 44.7 Å². The van der Waals surface area contributed by atoms with Crippen molar-refractivity contribution in [3.8, 4) is 5.75 Å². The predicted molar refractivity (Wildman–Crippen MR) is 78.0 cm³/mol. The Morgan fingerprint density at radius 1 is 1.22 bits per heavy atom. The summed E-state index contributed by atoms with van der Waals surface area (Å²) in [4.78, 5) is 0. The number of hydrogen-bond donors (Lipinski definition) is 1. The third kappa shape index (κ3) is 5.54. The third-order valence-corrected chi connectivity index (χ3v) is 3.46. The Balaban J connectivity index is 2.41. The van der Waals surface area contributed by atoms with Gasteiger partial charge in [-0.3, -0.25) is 0 Å². The Labute approximate surface area is 112 Å². The zero-order valence-corrected chi connectivity index (χ0v) is 11.8. The van der Waals surface area contributed by atoms with Gasteiger partial charge in [-0.25, -0.2) is 0 Å². The molecular weight excluding hydrogens is 222 g/mol. The number of hydrogen-bond acceptors (Lipinski definition) is 2. The van der Waals surface area contributed by atoms with Crippen LogP contribution in [0, 0.1) is 5.92 Å². The Bertz CT molecular complexity index is 325. The minimum atomic E-state index is 0.606. The first-order chi connectivity index (χ1) is 8.80. The first-order valence-electron chi connectivity index (χ1n) is 7.13. The highest BCUT2D eigenvalue weighted by molar-refractivity contribution is 5.28. The summed E-state index contributed by atoms with van der Waals surface area (Å²) in [5.41, 5.74) is 7.21. The molecule has 1 atom stereocenters. The van der Waals surface area contributed by atoms with Crippen molar-refractivity contribution in [3.63, 3.8) is 0 Å². The second-order valence-electron chi connectivity index (χ2n) is 5.01. The molecule has 1 aromatic rings. The topological polar surface area (TPSA) is 35.2 Å². The molecule has 1 rings (SSSR count). The van der Waals surface area contributed by atoms with Gasteiger partial charge in [0.05, 0.1) is 7.11 Å². The van der Waals surface area contributed by atoms with Crippen LogP contribution < -0.4 is 10.5 Å². The molecule has 0 bridgehead atoms. The van der Waals surface area contributed by atoms with Gasteiger partial charge in [0.2, 0.25) is 0 Å². The second-order valence-corrected chi connectivity index (χ2v) is 5.01. The van der Waals surface area contributed by atoms with Crippen molar-refractivity contribution in [1.82, 2.24) is 0 Å². The monoisotopic (exact) mass is 249 g/mol. The fraction of sp³-hybridized carbons (Fsp3) is 0.625. The van der Waals surface area contributed by atoms with Crippen molar-refractivity contribution in [2.24, 2.45) is 11.7 Å². The van der Waals surface area contributed by atoms with Gasteiger partial charge in [-0.15, -0.1) is 0 Å². The van der Waals surface area contributed by atoms with Crippen LogP contribution in [0.2, 0.25) is 0 Å². The van der Waals surface area contributed by atoms with Crippen LogP contribution in [0.1, 0.15) is 44.6 Å². The molecule has 0 heterocycles. The summed E-state index contributed by atoms with van der Waals surface area (Å²) >= 11 is 0. The summed E-state index contributed by atoms with van der Waals surface area (Å²) in [5.74, 6) is 1.54. The maximum Gasteiger partial charge on any atom is 0.119 e. The van der Waals surface area contributed by atoms with Gasteiger partial charge >= 0.3 is 0 Å². The summed E-state index contributed by atoms with van der Waals surface area (Å²) in [6, 6.07) is 8.33. The lowest BCUT2D eigenvalue weighted by atomic mass is 9.93. The number of rotatable bonds is 9. The molecule has 0 aliphatic heterocycles. The SMILES string of the molecule is CCCCCCC(CN)Cc1cccc(OC)c1. The lowest BCUT2D eigenvalue weighted by molar-refractivity contribution is 0.412. The number of benzene rings is 1. The molecule has 0 aliphatic rings. The van der Waals surface area contributed by atoms with Crippen LogP contribution in [-0.2, 0) is 6.42 Å². The number of methoxy groups -OCH3 is 1. The number of ether oxygens (including phenoxy) is 1. The van der Waals surface area contributed by atoms with Crippen LogP contribution in [0.3, 0.4) is 0 Å². The molecule has 1 unspecified atom stereocenters. The van der Waals surface area contributed by atoms with Gasteiger partial charge in [0.25, 0.3) is 0 Å². The maximum atomic E-state index is 5.87. The molecule has 0 radical (unpaired) electrons. The largest absolute Gasteiger partial charge is 0.497 e. The van der Waals surface area contributed by atoms with Crippen molar-refractivity contribution in [2.45, 2.75) is 45.4 Å². The molecule has 102 valence electrons. The highest BCUT2D eigenvalue weighted by Crippen LogP contribution is 2.19. The van der Waals surface area contributed by atoms with Crippen molar-refractivity contribution in [2.75, 3.05) is 13.7 Å². The molecule has 0 saturated carbocycles. The molecule has 0 spiro atoms. The molecule has 18 heavy (non-hydrogen) atoms. The zero-order chi connectivity index (χ0) is 13.2. The maximum absolute atomic E-state index is 5.87. The second kappa shape index (κ2) is 8.98. The van der Waals surface area contributed by atoms with E-state index in [0.29, 0.717) is 5.92 Å². The van der Waals surface area contributed by atoms with Crippen molar-refractivity contribution < 1.29 is 4.74 Å². The minimum Gasteiger partial charge on any atom is -0.497 e. The van der Waals surface area contributed by atoms with Crippen LogP contribution in [0.4, 0.5) is 0 Å². The molecule has 0 aliphatic carbocycles. The van der Waals surface area contributed by atoms with E-state index in [9.17, 15) is 0 Å². The first kappa shape index (κ1) is 15.0. The standard InChI is InChI=1S/C16H27NO/c1-3-4-5-6-8-15(13-17)11-14-9-7-10-16(12-14)18-2/h7,9-10,12,15H,3-6,8,11,13,17H2,1-2H3. The molecule has 2 nitrogen and oxygen atoms in total. The third-order valence-electron chi connectivity index (χ3n) is 3.46. The summed E-state index contributed by atoms with van der Waals surface area (Å²) in [7, 11) is 1.71. The van der Waals surface area contributed by atoms with E-state index in [1.807, 2.05) is 6.07 Å². The van der Waals surface area contributed by atoms with E-state index in [1.165, 1.54) is 37.7 Å². The quantitative estimate of drug-likeness (QED) is 0.676. The normalized spacial score (nSPS) is 12.4. The fourth-order valence-corrected chi connectivity index (χ4v) is 2.30. The average Bonchev–Trinajstić information content (AvgIpc) is 2.42. The molecule has 2 heteroatoms. The molecule has 0 fully saturated rings. The van der Waals surface area contributed by atoms with Crippen molar-refractivity contribution in [3.05, 3.63) is 29.8 Å². The predicted octanol–water partition coefficient (Wildman–Crippen LogP) is 3.78. The van der Waals surface area contributed by atoms with Gasteiger partial charge in [-0.05, 0) is 43.0 Å². The minimum absolute atomic E-state index is 0.606. The lowest BCUT2D eigenvalue weighted by Gasteiger charge is -2.15. The van der Waals surface area contributed by atoms with Gasteiger partial charge < -0.3 is 10.5 Å². The van der Waals surface area contributed by atoms with Crippen molar-refractivity contribution >= 4 is 0 Å². The molecular formula is C16H27NO. The Hall–Kier alpha value is -1.02. The van der Waals surface area contributed by atoms with E-state index in [0.717, 1.165) is 18.7 Å². The van der Waals surface area contributed by atoms with Gasteiger partial charge in [-0.2, -0.15) is 0 Å². The highest BCUT2D eigenvalue weighted by Gasteiger charge is 2.08. The Morgan fingerprint density at radius 3 is 2.72 bits per heavy atom. The van der Waals surface area contributed by atoms with Crippen molar-refractivity contribution in [1.29, 1.82) is 0 Å². The molecule has 0 amide bonds.